The predicted molar refractivity (Wildman–Crippen MR) is 70.3 cm³/mol. The molecule has 0 radical (unpaired) electrons. The van der Waals surface area contributed by atoms with Crippen LogP contribution < -0.4 is 11.1 Å². The highest BCUT2D eigenvalue weighted by Crippen LogP contribution is 2.11. The van der Waals surface area contributed by atoms with Gasteiger partial charge < -0.3 is 11.1 Å². The molecule has 0 aliphatic rings. The van der Waals surface area contributed by atoms with Gasteiger partial charge in [0.15, 0.2) is 0 Å². The molecular formula is C14H20N2O. The minimum absolute atomic E-state index is 0.0166. The Balaban J connectivity index is 2.64. The van der Waals surface area contributed by atoms with E-state index in [4.69, 9.17) is 5.73 Å². The lowest BCUT2D eigenvalue weighted by Gasteiger charge is -2.09. The highest BCUT2D eigenvalue weighted by atomic mass is 16.1. The quantitative estimate of drug-likeness (QED) is 0.782. The van der Waals surface area contributed by atoms with Crippen LogP contribution in [0.2, 0.25) is 0 Å². The van der Waals surface area contributed by atoms with Crippen LogP contribution >= 0.6 is 0 Å². The number of hydrogen-bond donors (Lipinski definition) is 2. The number of nitrogens with two attached hydrogens (primary N) is 1. The van der Waals surface area contributed by atoms with Crippen molar-refractivity contribution < 1.29 is 4.79 Å². The van der Waals surface area contributed by atoms with Gasteiger partial charge >= 0.3 is 0 Å². The van der Waals surface area contributed by atoms with Gasteiger partial charge in [-0.25, -0.2) is 0 Å². The van der Waals surface area contributed by atoms with Crippen LogP contribution in [0.4, 0.5) is 0 Å². The highest BCUT2D eigenvalue weighted by Gasteiger charge is 2.04. The summed E-state index contributed by atoms with van der Waals surface area (Å²) >= 11 is 0. The van der Waals surface area contributed by atoms with Crippen molar-refractivity contribution in [2.45, 2.75) is 33.4 Å². The Kier molecular flexibility index (Phi) is 4.91. The fourth-order valence-corrected chi connectivity index (χ4v) is 1.44. The monoisotopic (exact) mass is 232 g/mol. The third kappa shape index (κ3) is 4.04. The van der Waals surface area contributed by atoms with Crippen LogP contribution in [0.3, 0.4) is 0 Å². The first-order valence-corrected chi connectivity index (χ1v) is 5.80. The van der Waals surface area contributed by atoms with Crippen LogP contribution in [0.1, 0.15) is 37.9 Å². The third-order valence-corrected chi connectivity index (χ3v) is 2.72. The molecule has 3 nitrogen and oxygen atoms in total. The van der Waals surface area contributed by atoms with Crippen molar-refractivity contribution in [2.75, 3.05) is 0 Å². The first kappa shape index (κ1) is 13.5. The van der Waals surface area contributed by atoms with E-state index in [0.717, 1.165) is 16.7 Å². The van der Waals surface area contributed by atoms with Crippen molar-refractivity contribution in [3.8, 4) is 0 Å². The van der Waals surface area contributed by atoms with Crippen molar-refractivity contribution in [1.82, 2.24) is 5.32 Å². The summed E-state index contributed by atoms with van der Waals surface area (Å²) in [5.41, 5.74) is 8.69. The molecule has 0 heterocycles. The number of amides is 1. The Hall–Kier alpha value is -1.61. The fraction of sp³-hybridized carbons (Fsp3) is 0.357. The van der Waals surface area contributed by atoms with Gasteiger partial charge in [-0.1, -0.05) is 30.3 Å². The lowest BCUT2D eigenvalue weighted by atomic mass is 10.1. The van der Waals surface area contributed by atoms with Crippen molar-refractivity contribution in [1.29, 1.82) is 0 Å². The Labute approximate surface area is 103 Å². The summed E-state index contributed by atoms with van der Waals surface area (Å²) in [6, 6.07) is 7.98. The summed E-state index contributed by atoms with van der Waals surface area (Å²) in [6.45, 7) is 6.13. The standard InChI is InChI=1S/C14H20N2O/c1-4-10(2)14(17)16-9-12-6-5-7-13(8-12)11(3)15/h4-8,11H,9,15H2,1-3H3,(H,16,17)/b10-4+. The number of rotatable bonds is 4. The summed E-state index contributed by atoms with van der Waals surface area (Å²) < 4.78 is 0. The maximum atomic E-state index is 11.6. The topological polar surface area (TPSA) is 55.1 Å². The van der Waals surface area contributed by atoms with Crippen molar-refractivity contribution >= 4 is 5.91 Å². The molecule has 0 spiro atoms. The van der Waals surface area contributed by atoms with E-state index in [1.165, 1.54) is 0 Å². The molecular weight excluding hydrogens is 212 g/mol. The lowest BCUT2D eigenvalue weighted by molar-refractivity contribution is -0.117. The van der Waals surface area contributed by atoms with Crippen LogP contribution in [0, 0.1) is 0 Å². The number of carbonyl (C=O) groups excluding carboxylic acids is 1. The van der Waals surface area contributed by atoms with Crippen LogP contribution in [-0.2, 0) is 11.3 Å². The summed E-state index contributed by atoms with van der Waals surface area (Å²) in [5.74, 6) is -0.0290. The molecule has 3 N–H and O–H groups in total. The van der Waals surface area contributed by atoms with E-state index < -0.39 is 0 Å². The van der Waals surface area contributed by atoms with Crippen LogP contribution in [0.5, 0.6) is 0 Å². The number of nitrogens with one attached hydrogen (secondary N) is 1. The molecule has 0 aromatic heterocycles. The van der Waals surface area contributed by atoms with E-state index in [2.05, 4.69) is 5.32 Å². The van der Waals surface area contributed by atoms with Gasteiger partial charge in [-0.05, 0) is 31.9 Å². The van der Waals surface area contributed by atoms with E-state index in [0.29, 0.717) is 6.54 Å². The number of carbonyl (C=O) groups is 1. The molecule has 0 saturated carbocycles. The Morgan fingerprint density at radius 2 is 2.24 bits per heavy atom. The molecule has 1 rings (SSSR count). The average molecular weight is 232 g/mol. The molecule has 1 unspecified atom stereocenters. The van der Waals surface area contributed by atoms with Crippen LogP contribution in [0.25, 0.3) is 0 Å². The minimum atomic E-state index is -0.0290. The summed E-state index contributed by atoms with van der Waals surface area (Å²) in [5, 5.41) is 2.87. The fourth-order valence-electron chi connectivity index (χ4n) is 1.44. The van der Waals surface area contributed by atoms with Gasteiger partial charge in [-0.3, -0.25) is 4.79 Å². The normalized spacial score (nSPS) is 13.3. The van der Waals surface area contributed by atoms with Crippen molar-refractivity contribution in [3.05, 3.63) is 47.0 Å². The second kappa shape index (κ2) is 6.21. The van der Waals surface area contributed by atoms with E-state index in [-0.39, 0.29) is 11.9 Å². The second-order valence-corrected chi connectivity index (χ2v) is 4.19. The smallest absolute Gasteiger partial charge is 0.246 e. The highest BCUT2D eigenvalue weighted by molar-refractivity contribution is 5.92. The molecule has 0 aliphatic carbocycles. The lowest BCUT2D eigenvalue weighted by Crippen LogP contribution is -2.23. The summed E-state index contributed by atoms with van der Waals surface area (Å²) in [4.78, 5) is 11.6. The van der Waals surface area contributed by atoms with E-state index in [1.807, 2.05) is 38.1 Å². The van der Waals surface area contributed by atoms with Crippen molar-refractivity contribution in [3.63, 3.8) is 0 Å². The first-order chi connectivity index (χ1) is 8.04. The third-order valence-electron chi connectivity index (χ3n) is 2.72. The van der Waals surface area contributed by atoms with Crippen LogP contribution in [-0.4, -0.2) is 5.91 Å². The SMILES string of the molecule is C/C=C(\C)C(=O)NCc1cccc(C(C)N)c1. The van der Waals surface area contributed by atoms with E-state index in [9.17, 15) is 4.79 Å². The Morgan fingerprint density at radius 1 is 1.53 bits per heavy atom. The van der Waals surface area contributed by atoms with Gasteiger partial charge in [-0.2, -0.15) is 0 Å². The molecule has 0 bridgehead atoms. The molecule has 0 fully saturated rings. The number of allylic oxidation sites excluding steroid dienone is 1. The largest absolute Gasteiger partial charge is 0.348 e. The molecule has 92 valence electrons. The van der Waals surface area contributed by atoms with E-state index >= 15 is 0 Å². The zero-order chi connectivity index (χ0) is 12.8. The molecule has 1 aromatic carbocycles. The molecule has 0 aliphatic heterocycles. The van der Waals surface area contributed by atoms with Gasteiger partial charge in [0, 0.05) is 18.2 Å². The zero-order valence-corrected chi connectivity index (χ0v) is 10.7. The van der Waals surface area contributed by atoms with Crippen LogP contribution in [0.15, 0.2) is 35.9 Å². The Bertz CT molecular complexity index is 422. The number of hydrogen-bond acceptors (Lipinski definition) is 2. The van der Waals surface area contributed by atoms with Gasteiger partial charge in [0.2, 0.25) is 5.91 Å². The Morgan fingerprint density at radius 3 is 2.82 bits per heavy atom. The second-order valence-electron chi connectivity index (χ2n) is 4.19. The van der Waals surface area contributed by atoms with Gasteiger partial charge in [0.05, 0.1) is 0 Å². The summed E-state index contributed by atoms with van der Waals surface area (Å²) in [6.07, 6.45) is 1.80. The molecule has 17 heavy (non-hydrogen) atoms. The maximum absolute atomic E-state index is 11.6. The van der Waals surface area contributed by atoms with Gasteiger partial charge in [-0.15, -0.1) is 0 Å². The molecule has 1 aromatic rings. The first-order valence-electron chi connectivity index (χ1n) is 5.80. The summed E-state index contributed by atoms with van der Waals surface area (Å²) in [7, 11) is 0. The molecule has 1 atom stereocenters. The van der Waals surface area contributed by atoms with E-state index in [1.54, 1.807) is 13.0 Å². The maximum Gasteiger partial charge on any atom is 0.246 e. The molecule has 0 saturated heterocycles. The molecule has 1 amide bonds. The van der Waals surface area contributed by atoms with Crippen molar-refractivity contribution in [2.24, 2.45) is 5.73 Å². The number of benzene rings is 1. The average Bonchev–Trinajstić information content (AvgIpc) is 2.35. The minimum Gasteiger partial charge on any atom is -0.348 e. The predicted octanol–water partition coefficient (Wildman–Crippen LogP) is 2.29. The van der Waals surface area contributed by atoms with Gasteiger partial charge in [0.25, 0.3) is 0 Å². The van der Waals surface area contributed by atoms with Gasteiger partial charge in [0.1, 0.15) is 0 Å². The zero-order valence-electron chi connectivity index (χ0n) is 10.7. The molecule has 3 heteroatoms.